The lowest BCUT2D eigenvalue weighted by Gasteiger charge is -2.13. The zero-order chi connectivity index (χ0) is 22.1. The van der Waals surface area contributed by atoms with Crippen molar-refractivity contribution in [1.82, 2.24) is 15.5 Å². The molecule has 0 aliphatic rings. The van der Waals surface area contributed by atoms with Crippen LogP contribution in [0.5, 0.6) is 0 Å². The molecule has 0 bridgehead atoms. The number of anilines is 1. The van der Waals surface area contributed by atoms with Crippen LogP contribution in [0.25, 0.3) is 0 Å². The molecular weight excluding hydrogens is 419 g/mol. The average Bonchev–Trinajstić information content (AvgIpc) is 3.24. The van der Waals surface area contributed by atoms with Gasteiger partial charge in [-0.1, -0.05) is 41.7 Å². The van der Waals surface area contributed by atoms with Gasteiger partial charge >= 0.3 is 0 Å². The molecule has 9 heteroatoms. The summed E-state index contributed by atoms with van der Waals surface area (Å²) < 4.78 is 18.3. The number of nitrogens with zero attached hydrogens (tertiary/aromatic N) is 2. The number of ether oxygens (including phenoxy) is 1. The van der Waals surface area contributed by atoms with E-state index in [0.717, 1.165) is 24.2 Å². The molecule has 162 valence electrons. The SMILES string of the molecule is C[C@@H](CCc1ccccc1)NC(=O)COCc1nnc(C(=O)Nc2ccc(F)cc2)s1. The van der Waals surface area contributed by atoms with Gasteiger partial charge < -0.3 is 15.4 Å². The number of carbonyl (C=O) groups excluding carboxylic acids is 2. The van der Waals surface area contributed by atoms with Crippen molar-refractivity contribution in [2.45, 2.75) is 32.4 Å². The normalized spacial score (nSPS) is 11.7. The first kappa shape index (κ1) is 22.5. The zero-order valence-corrected chi connectivity index (χ0v) is 17.8. The molecule has 0 saturated carbocycles. The maximum absolute atomic E-state index is 12.9. The van der Waals surface area contributed by atoms with E-state index in [1.165, 1.54) is 29.8 Å². The van der Waals surface area contributed by atoms with E-state index in [2.05, 4.69) is 33.0 Å². The summed E-state index contributed by atoms with van der Waals surface area (Å²) >= 11 is 1.07. The molecule has 31 heavy (non-hydrogen) atoms. The molecule has 0 aliphatic carbocycles. The first-order chi connectivity index (χ1) is 15.0. The lowest BCUT2D eigenvalue weighted by Crippen LogP contribution is -2.35. The van der Waals surface area contributed by atoms with Gasteiger partial charge in [-0.2, -0.15) is 0 Å². The number of benzene rings is 2. The molecule has 0 aliphatic heterocycles. The Morgan fingerprint density at radius 3 is 2.58 bits per heavy atom. The first-order valence-electron chi connectivity index (χ1n) is 9.80. The molecule has 0 radical (unpaired) electrons. The highest BCUT2D eigenvalue weighted by molar-refractivity contribution is 7.13. The molecule has 1 heterocycles. The van der Waals surface area contributed by atoms with E-state index in [4.69, 9.17) is 4.74 Å². The average molecular weight is 443 g/mol. The summed E-state index contributed by atoms with van der Waals surface area (Å²) in [5.41, 5.74) is 1.69. The summed E-state index contributed by atoms with van der Waals surface area (Å²) in [4.78, 5) is 24.2. The lowest BCUT2D eigenvalue weighted by atomic mass is 10.1. The summed E-state index contributed by atoms with van der Waals surface area (Å²) in [7, 11) is 0. The molecule has 0 saturated heterocycles. The van der Waals surface area contributed by atoms with E-state index in [0.29, 0.717) is 10.7 Å². The van der Waals surface area contributed by atoms with Crippen LogP contribution in [-0.2, 0) is 22.6 Å². The van der Waals surface area contributed by atoms with E-state index in [-0.39, 0.29) is 36.0 Å². The third-order valence-electron chi connectivity index (χ3n) is 4.34. The molecule has 2 amide bonds. The summed E-state index contributed by atoms with van der Waals surface area (Å²) in [5, 5.41) is 13.9. The fourth-order valence-corrected chi connectivity index (χ4v) is 3.44. The monoisotopic (exact) mass is 442 g/mol. The highest BCUT2D eigenvalue weighted by Crippen LogP contribution is 2.14. The lowest BCUT2D eigenvalue weighted by molar-refractivity contribution is -0.126. The third kappa shape index (κ3) is 7.54. The van der Waals surface area contributed by atoms with Crippen molar-refractivity contribution < 1.29 is 18.7 Å². The molecule has 0 unspecified atom stereocenters. The molecule has 0 spiro atoms. The number of aromatic nitrogens is 2. The second-order valence-electron chi connectivity index (χ2n) is 6.95. The summed E-state index contributed by atoms with van der Waals surface area (Å²) in [6.45, 7) is 1.93. The Balaban J connectivity index is 1.36. The van der Waals surface area contributed by atoms with Crippen molar-refractivity contribution in [3.05, 3.63) is 76.0 Å². The van der Waals surface area contributed by atoms with Crippen LogP contribution in [0.2, 0.25) is 0 Å². The second kappa shape index (κ2) is 11.3. The topological polar surface area (TPSA) is 93.2 Å². The number of halogens is 1. The van der Waals surface area contributed by atoms with Crippen LogP contribution in [0.4, 0.5) is 10.1 Å². The van der Waals surface area contributed by atoms with Crippen molar-refractivity contribution >= 4 is 28.8 Å². The maximum atomic E-state index is 12.9. The van der Waals surface area contributed by atoms with E-state index >= 15 is 0 Å². The summed E-state index contributed by atoms with van der Waals surface area (Å²) in [5.74, 6) is -1.04. The smallest absolute Gasteiger partial charge is 0.286 e. The number of rotatable bonds is 10. The highest BCUT2D eigenvalue weighted by atomic mass is 32.1. The van der Waals surface area contributed by atoms with E-state index in [1.54, 1.807) is 0 Å². The number of carbonyl (C=O) groups is 2. The van der Waals surface area contributed by atoms with Crippen LogP contribution in [0.1, 0.15) is 33.7 Å². The Morgan fingerprint density at radius 2 is 1.84 bits per heavy atom. The molecule has 3 rings (SSSR count). The third-order valence-corrected chi connectivity index (χ3v) is 5.23. The molecule has 1 aromatic heterocycles. The minimum atomic E-state index is -0.444. The van der Waals surface area contributed by atoms with Gasteiger partial charge in [0.2, 0.25) is 10.9 Å². The number of amides is 2. The van der Waals surface area contributed by atoms with Gasteiger partial charge in [0.05, 0.1) is 0 Å². The fourth-order valence-electron chi connectivity index (χ4n) is 2.77. The number of hydrogen-bond acceptors (Lipinski definition) is 6. The van der Waals surface area contributed by atoms with Crippen molar-refractivity contribution in [3.63, 3.8) is 0 Å². The first-order valence-corrected chi connectivity index (χ1v) is 10.6. The van der Waals surface area contributed by atoms with E-state index < -0.39 is 5.91 Å². The Morgan fingerprint density at radius 1 is 1.10 bits per heavy atom. The standard InChI is InChI=1S/C22H23FN4O3S/c1-15(7-8-16-5-3-2-4-6-16)24-19(28)13-30-14-20-26-27-22(31-20)21(29)25-18-11-9-17(23)10-12-18/h2-6,9-12,15H,7-8,13-14H2,1H3,(H,24,28)(H,25,29)/t15-/m0/s1. The van der Waals surface area contributed by atoms with Crippen LogP contribution < -0.4 is 10.6 Å². The van der Waals surface area contributed by atoms with Gasteiger partial charge in [-0.25, -0.2) is 4.39 Å². The van der Waals surface area contributed by atoms with Gasteiger partial charge in [0.25, 0.3) is 5.91 Å². The Labute approximate surface area is 183 Å². The van der Waals surface area contributed by atoms with Crippen LogP contribution in [0.3, 0.4) is 0 Å². The van der Waals surface area contributed by atoms with Gasteiger partial charge in [0, 0.05) is 11.7 Å². The molecule has 2 N–H and O–H groups in total. The van der Waals surface area contributed by atoms with E-state index in [1.807, 2.05) is 25.1 Å². The van der Waals surface area contributed by atoms with Gasteiger partial charge in [-0.3, -0.25) is 9.59 Å². The van der Waals surface area contributed by atoms with Crippen molar-refractivity contribution in [2.24, 2.45) is 0 Å². The van der Waals surface area contributed by atoms with Gasteiger partial charge in [0.15, 0.2) is 0 Å². The van der Waals surface area contributed by atoms with Crippen molar-refractivity contribution in [2.75, 3.05) is 11.9 Å². The quantitative estimate of drug-likeness (QED) is 0.501. The highest BCUT2D eigenvalue weighted by Gasteiger charge is 2.14. The van der Waals surface area contributed by atoms with Gasteiger partial charge in [-0.15, -0.1) is 10.2 Å². The van der Waals surface area contributed by atoms with Gasteiger partial charge in [0.1, 0.15) is 24.0 Å². The zero-order valence-electron chi connectivity index (χ0n) is 17.0. The maximum Gasteiger partial charge on any atom is 0.286 e. The van der Waals surface area contributed by atoms with Gasteiger partial charge in [-0.05, 0) is 49.6 Å². The van der Waals surface area contributed by atoms with Crippen LogP contribution in [-0.4, -0.2) is 34.7 Å². The van der Waals surface area contributed by atoms with Crippen molar-refractivity contribution in [3.8, 4) is 0 Å². The minimum Gasteiger partial charge on any atom is -0.364 e. The Bertz CT molecular complexity index is 996. The predicted molar refractivity (Wildman–Crippen MR) is 116 cm³/mol. The predicted octanol–water partition coefficient (Wildman–Crippen LogP) is 3.58. The van der Waals surface area contributed by atoms with Crippen LogP contribution in [0.15, 0.2) is 54.6 Å². The molecule has 7 nitrogen and oxygen atoms in total. The molecule has 2 aromatic carbocycles. The Hall–Kier alpha value is -3.17. The largest absolute Gasteiger partial charge is 0.364 e. The van der Waals surface area contributed by atoms with Crippen LogP contribution in [0, 0.1) is 5.82 Å². The fraction of sp³-hybridized carbons (Fsp3) is 0.273. The summed E-state index contributed by atoms with van der Waals surface area (Å²) in [6, 6.07) is 15.5. The molecule has 3 aromatic rings. The minimum absolute atomic E-state index is 0.0274. The second-order valence-corrected chi connectivity index (χ2v) is 8.01. The Kier molecular flexibility index (Phi) is 8.19. The number of nitrogens with one attached hydrogen (secondary N) is 2. The summed E-state index contributed by atoms with van der Waals surface area (Å²) in [6.07, 6.45) is 1.72. The molecule has 1 atom stereocenters. The van der Waals surface area contributed by atoms with E-state index in [9.17, 15) is 14.0 Å². The van der Waals surface area contributed by atoms with Crippen molar-refractivity contribution in [1.29, 1.82) is 0 Å². The number of hydrogen-bond donors (Lipinski definition) is 2. The molecule has 0 fully saturated rings. The number of aryl methyl sites for hydroxylation is 1. The van der Waals surface area contributed by atoms with Crippen LogP contribution >= 0.6 is 11.3 Å². The molecular formula is C22H23FN4O3S.